The summed E-state index contributed by atoms with van der Waals surface area (Å²) in [6.07, 6.45) is 7.09. The minimum Gasteiger partial charge on any atom is -0.390 e. The highest BCUT2D eigenvalue weighted by molar-refractivity contribution is 5.95. The van der Waals surface area contributed by atoms with Crippen LogP contribution in [0.15, 0.2) is 42.9 Å². The molecule has 6 nitrogen and oxygen atoms in total. The molecular weight excluding hydrogens is 352 g/mol. The molecule has 2 heterocycles. The Morgan fingerprint density at radius 3 is 2.50 bits per heavy atom. The van der Waals surface area contributed by atoms with Crippen molar-refractivity contribution in [3.63, 3.8) is 0 Å². The van der Waals surface area contributed by atoms with Crippen LogP contribution in [0.25, 0.3) is 22.3 Å². The van der Waals surface area contributed by atoms with Gasteiger partial charge in [-0.1, -0.05) is 12.1 Å². The topological polar surface area (TPSA) is 90.9 Å². The standard InChI is InChI=1S/C22H26N4O2/c1-22(2,28)16-7-9-17(10-8-16)26-21(27)15-5-3-14(4-6-15)19-20-18(11-12-23-19)24-13-25-20/h3-6,11-13,16-17,28H,7-10H2,1-2H3,(H,24,25)(H,26,27). The maximum absolute atomic E-state index is 12.6. The number of aromatic amines is 1. The van der Waals surface area contributed by atoms with Crippen molar-refractivity contribution in [2.45, 2.75) is 51.2 Å². The average Bonchev–Trinajstić information content (AvgIpc) is 3.17. The van der Waals surface area contributed by atoms with Gasteiger partial charge in [0.1, 0.15) is 5.52 Å². The Balaban J connectivity index is 1.42. The zero-order valence-electron chi connectivity index (χ0n) is 16.3. The van der Waals surface area contributed by atoms with E-state index in [0.717, 1.165) is 48.0 Å². The third kappa shape index (κ3) is 3.78. The number of imidazole rings is 1. The van der Waals surface area contributed by atoms with E-state index in [2.05, 4.69) is 20.3 Å². The quantitative estimate of drug-likeness (QED) is 0.646. The highest BCUT2D eigenvalue weighted by Gasteiger charge is 2.31. The molecule has 1 aromatic carbocycles. The molecule has 6 heteroatoms. The molecule has 1 aliphatic carbocycles. The van der Waals surface area contributed by atoms with Crippen LogP contribution in [0.2, 0.25) is 0 Å². The number of fused-ring (bicyclic) bond motifs is 1. The van der Waals surface area contributed by atoms with Gasteiger partial charge in [-0.2, -0.15) is 0 Å². The van der Waals surface area contributed by atoms with Crippen LogP contribution < -0.4 is 5.32 Å². The highest BCUT2D eigenvalue weighted by Crippen LogP contribution is 2.32. The van der Waals surface area contributed by atoms with Crippen molar-refractivity contribution in [3.8, 4) is 11.3 Å². The number of benzene rings is 1. The van der Waals surface area contributed by atoms with Crippen LogP contribution in [0.5, 0.6) is 0 Å². The number of pyridine rings is 1. The van der Waals surface area contributed by atoms with Crippen LogP contribution in [0.1, 0.15) is 49.9 Å². The van der Waals surface area contributed by atoms with E-state index in [0.29, 0.717) is 11.5 Å². The van der Waals surface area contributed by atoms with Gasteiger partial charge in [0.2, 0.25) is 0 Å². The van der Waals surface area contributed by atoms with Crippen molar-refractivity contribution in [3.05, 3.63) is 48.4 Å². The molecule has 28 heavy (non-hydrogen) atoms. The molecule has 0 aliphatic heterocycles. The molecule has 1 amide bonds. The van der Waals surface area contributed by atoms with Gasteiger partial charge >= 0.3 is 0 Å². The summed E-state index contributed by atoms with van der Waals surface area (Å²) in [5, 5.41) is 13.3. The Kier molecular flexibility index (Phi) is 4.89. The van der Waals surface area contributed by atoms with Crippen molar-refractivity contribution < 1.29 is 9.90 Å². The first-order chi connectivity index (χ1) is 13.4. The SMILES string of the molecule is CC(C)(O)C1CCC(NC(=O)c2ccc(-c3nccc4[nH]cnc34)cc2)CC1. The normalized spacial score (nSPS) is 20.2. The molecule has 3 aromatic rings. The van der Waals surface area contributed by atoms with E-state index in [4.69, 9.17) is 0 Å². The molecule has 1 saturated carbocycles. The lowest BCUT2D eigenvalue weighted by Gasteiger charge is -2.36. The summed E-state index contributed by atoms with van der Waals surface area (Å²) in [5.74, 6) is 0.251. The molecule has 1 fully saturated rings. The number of H-pyrrole nitrogens is 1. The Labute approximate surface area is 164 Å². The summed E-state index contributed by atoms with van der Waals surface area (Å²) in [6.45, 7) is 3.74. The smallest absolute Gasteiger partial charge is 0.251 e. The Morgan fingerprint density at radius 1 is 1.11 bits per heavy atom. The van der Waals surface area contributed by atoms with Crippen LogP contribution in [-0.4, -0.2) is 37.6 Å². The van der Waals surface area contributed by atoms with Gasteiger partial charge in [-0.15, -0.1) is 0 Å². The number of rotatable bonds is 4. The first-order valence-corrected chi connectivity index (χ1v) is 9.83. The maximum atomic E-state index is 12.6. The molecular formula is C22H26N4O2. The number of amides is 1. The molecule has 1 aliphatic rings. The summed E-state index contributed by atoms with van der Waals surface area (Å²) in [7, 11) is 0. The second-order valence-corrected chi connectivity index (χ2v) is 8.21. The van der Waals surface area contributed by atoms with Gasteiger partial charge in [0.05, 0.1) is 23.1 Å². The molecule has 4 rings (SSSR count). The summed E-state index contributed by atoms with van der Waals surface area (Å²) in [5.41, 5.74) is 3.49. The Bertz CT molecular complexity index is 964. The lowest BCUT2D eigenvalue weighted by atomic mass is 9.77. The van der Waals surface area contributed by atoms with Gasteiger partial charge in [-0.3, -0.25) is 9.78 Å². The molecule has 0 bridgehead atoms. The van der Waals surface area contributed by atoms with E-state index in [1.807, 2.05) is 44.2 Å². The molecule has 0 unspecified atom stereocenters. The van der Waals surface area contributed by atoms with Gasteiger partial charge < -0.3 is 15.4 Å². The number of nitrogens with one attached hydrogen (secondary N) is 2. The minimum atomic E-state index is -0.643. The van der Waals surface area contributed by atoms with Crippen molar-refractivity contribution in [1.29, 1.82) is 0 Å². The second-order valence-electron chi connectivity index (χ2n) is 8.21. The van der Waals surface area contributed by atoms with Crippen LogP contribution in [0.3, 0.4) is 0 Å². The number of carbonyl (C=O) groups excluding carboxylic acids is 1. The summed E-state index contributed by atoms with van der Waals surface area (Å²) >= 11 is 0. The lowest BCUT2D eigenvalue weighted by Crippen LogP contribution is -2.41. The van der Waals surface area contributed by atoms with Gasteiger partial charge in [0, 0.05) is 23.4 Å². The molecule has 2 aromatic heterocycles. The second kappa shape index (κ2) is 7.36. The number of carbonyl (C=O) groups is 1. The van der Waals surface area contributed by atoms with Crippen molar-refractivity contribution in [2.75, 3.05) is 0 Å². The molecule has 0 saturated heterocycles. The zero-order chi connectivity index (χ0) is 19.7. The minimum absolute atomic E-state index is 0.0517. The van der Waals surface area contributed by atoms with E-state index in [1.54, 1.807) is 12.5 Å². The van der Waals surface area contributed by atoms with Gasteiger partial charge in [-0.05, 0) is 63.6 Å². The van der Waals surface area contributed by atoms with Crippen molar-refractivity contribution in [1.82, 2.24) is 20.3 Å². The van der Waals surface area contributed by atoms with Gasteiger partial charge in [0.15, 0.2) is 0 Å². The lowest BCUT2D eigenvalue weighted by molar-refractivity contribution is -0.00257. The van der Waals surface area contributed by atoms with Crippen LogP contribution in [0.4, 0.5) is 0 Å². The monoisotopic (exact) mass is 378 g/mol. The predicted molar refractivity (Wildman–Crippen MR) is 109 cm³/mol. The fourth-order valence-corrected chi connectivity index (χ4v) is 4.07. The van der Waals surface area contributed by atoms with Crippen molar-refractivity contribution >= 4 is 16.9 Å². The predicted octanol–water partition coefficient (Wildman–Crippen LogP) is 3.68. The third-order valence-corrected chi connectivity index (χ3v) is 5.82. The number of hydrogen-bond acceptors (Lipinski definition) is 4. The zero-order valence-corrected chi connectivity index (χ0v) is 16.3. The number of hydrogen-bond donors (Lipinski definition) is 3. The fraction of sp³-hybridized carbons (Fsp3) is 0.409. The first-order valence-electron chi connectivity index (χ1n) is 9.83. The summed E-state index contributed by atoms with van der Waals surface area (Å²) in [6, 6.07) is 9.55. The van der Waals surface area contributed by atoms with Crippen LogP contribution in [0, 0.1) is 5.92 Å². The number of nitrogens with zero attached hydrogens (tertiary/aromatic N) is 2. The summed E-state index contributed by atoms with van der Waals surface area (Å²) < 4.78 is 0. The number of aliphatic hydroxyl groups is 1. The first kappa shape index (κ1) is 18.6. The van der Waals surface area contributed by atoms with E-state index in [9.17, 15) is 9.90 Å². The Morgan fingerprint density at radius 2 is 1.82 bits per heavy atom. The summed E-state index contributed by atoms with van der Waals surface area (Å²) in [4.78, 5) is 24.5. The largest absolute Gasteiger partial charge is 0.390 e. The average molecular weight is 378 g/mol. The Hall–Kier alpha value is -2.73. The van der Waals surface area contributed by atoms with Crippen molar-refractivity contribution in [2.24, 2.45) is 5.92 Å². The third-order valence-electron chi connectivity index (χ3n) is 5.82. The van der Waals surface area contributed by atoms with Gasteiger partial charge in [-0.25, -0.2) is 4.98 Å². The van der Waals surface area contributed by atoms with E-state index in [1.165, 1.54) is 0 Å². The van der Waals surface area contributed by atoms with E-state index >= 15 is 0 Å². The van der Waals surface area contributed by atoms with E-state index < -0.39 is 5.60 Å². The maximum Gasteiger partial charge on any atom is 0.251 e. The molecule has 0 radical (unpaired) electrons. The highest BCUT2D eigenvalue weighted by atomic mass is 16.3. The number of aromatic nitrogens is 3. The molecule has 0 atom stereocenters. The fourth-order valence-electron chi connectivity index (χ4n) is 4.07. The molecule has 3 N–H and O–H groups in total. The van der Waals surface area contributed by atoms with Crippen LogP contribution >= 0.6 is 0 Å². The van der Waals surface area contributed by atoms with Gasteiger partial charge in [0.25, 0.3) is 5.91 Å². The molecule has 146 valence electrons. The van der Waals surface area contributed by atoms with Crippen LogP contribution in [-0.2, 0) is 0 Å². The molecule has 0 spiro atoms. The van der Waals surface area contributed by atoms with E-state index in [-0.39, 0.29) is 11.9 Å².